The first-order chi connectivity index (χ1) is 11.4. The van der Waals surface area contributed by atoms with Crippen LogP contribution in [0.1, 0.15) is 38.7 Å². The highest BCUT2D eigenvalue weighted by Crippen LogP contribution is 2.18. The minimum atomic E-state index is -0.894. The molecule has 1 aromatic carbocycles. The van der Waals surface area contributed by atoms with Crippen molar-refractivity contribution in [2.24, 2.45) is 0 Å². The molecular formula is C18H27F2N3O. The van der Waals surface area contributed by atoms with Gasteiger partial charge >= 0.3 is 6.03 Å². The van der Waals surface area contributed by atoms with E-state index in [1.165, 1.54) is 30.2 Å². The van der Waals surface area contributed by atoms with E-state index in [2.05, 4.69) is 24.1 Å². The van der Waals surface area contributed by atoms with Crippen LogP contribution in [0.25, 0.3) is 0 Å². The number of likely N-dealkylation sites (tertiary alicyclic amines) is 1. The van der Waals surface area contributed by atoms with Gasteiger partial charge in [-0.05, 0) is 50.9 Å². The minimum absolute atomic E-state index is 0.212. The first-order valence-electron chi connectivity index (χ1n) is 8.57. The predicted molar refractivity (Wildman–Crippen MR) is 90.7 cm³/mol. The Kier molecular flexibility index (Phi) is 6.54. The van der Waals surface area contributed by atoms with E-state index >= 15 is 0 Å². The molecule has 0 aromatic heterocycles. The van der Waals surface area contributed by atoms with Crippen LogP contribution in [0.4, 0.5) is 13.6 Å². The molecule has 1 aromatic rings. The minimum Gasteiger partial charge on any atom is -0.336 e. The maximum Gasteiger partial charge on any atom is 0.317 e. The number of carbonyl (C=O) groups is 1. The SMILES string of the molecule is C[C@@H]1CCCCN1[C@@H](C)CNC(=O)N(C)Cc1ccc(F)c(F)c1. The maximum absolute atomic E-state index is 13.2. The van der Waals surface area contributed by atoms with E-state index in [0.29, 0.717) is 18.2 Å². The second-order valence-corrected chi connectivity index (χ2v) is 6.72. The van der Waals surface area contributed by atoms with Gasteiger partial charge in [-0.25, -0.2) is 13.6 Å². The van der Waals surface area contributed by atoms with Crippen molar-refractivity contribution in [3.8, 4) is 0 Å². The van der Waals surface area contributed by atoms with Gasteiger partial charge in [-0.15, -0.1) is 0 Å². The fraction of sp³-hybridized carbons (Fsp3) is 0.611. The molecule has 1 fully saturated rings. The summed E-state index contributed by atoms with van der Waals surface area (Å²) in [6.07, 6.45) is 3.68. The van der Waals surface area contributed by atoms with E-state index in [-0.39, 0.29) is 18.6 Å². The van der Waals surface area contributed by atoms with Gasteiger partial charge in [0.2, 0.25) is 0 Å². The Morgan fingerprint density at radius 1 is 1.38 bits per heavy atom. The summed E-state index contributed by atoms with van der Waals surface area (Å²) in [5.41, 5.74) is 0.559. The quantitative estimate of drug-likeness (QED) is 0.893. The van der Waals surface area contributed by atoms with Crippen molar-refractivity contribution in [2.45, 2.75) is 51.7 Å². The first-order valence-corrected chi connectivity index (χ1v) is 8.57. The average Bonchev–Trinajstić information content (AvgIpc) is 2.56. The van der Waals surface area contributed by atoms with Crippen molar-refractivity contribution < 1.29 is 13.6 Å². The van der Waals surface area contributed by atoms with Crippen molar-refractivity contribution in [1.29, 1.82) is 0 Å². The lowest BCUT2D eigenvalue weighted by Gasteiger charge is -2.38. The molecule has 2 amide bonds. The summed E-state index contributed by atoms with van der Waals surface area (Å²) in [6, 6.07) is 4.30. The van der Waals surface area contributed by atoms with E-state index in [4.69, 9.17) is 0 Å². The lowest BCUT2D eigenvalue weighted by atomic mass is 10.0. The second kappa shape index (κ2) is 8.42. The summed E-state index contributed by atoms with van der Waals surface area (Å²) in [5, 5.41) is 2.92. The second-order valence-electron chi connectivity index (χ2n) is 6.72. The first kappa shape index (κ1) is 18.6. The molecule has 1 saturated heterocycles. The molecule has 0 aliphatic carbocycles. The highest BCUT2D eigenvalue weighted by molar-refractivity contribution is 5.73. The Hall–Kier alpha value is -1.69. The molecule has 1 N–H and O–H groups in total. The summed E-state index contributed by atoms with van der Waals surface area (Å²) in [6.45, 7) is 6.23. The lowest BCUT2D eigenvalue weighted by Crippen LogP contribution is -2.50. The molecule has 0 bridgehead atoms. The summed E-state index contributed by atoms with van der Waals surface area (Å²) >= 11 is 0. The van der Waals surface area contributed by atoms with Gasteiger partial charge in [0.05, 0.1) is 0 Å². The Labute approximate surface area is 142 Å². The van der Waals surface area contributed by atoms with Crippen LogP contribution in [0.5, 0.6) is 0 Å². The van der Waals surface area contributed by atoms with Crippen molar-refractivity contribution in [2.75, 3.05) is 20.1 Å². The number of halogens is 2. The van der Waals surface area contributed by atoms with E-state index in [0.717, 1.165) is 18.7 Å². The summed E-state index contributed by atoms with van der Waals surface area (Å²) in [7, 11) is 1.64. The zero-order valence-corrected chi connectivity index (χ0v) is 14.7. The molecule has 1 aliphatic heterocycles. The number of nitrogens with zero attached hydrogens (tertiary/aromatic N) is 2. The van der Waals surface area contributed by atoms with Gasteiger partial charge in [-0.1, -0.05) is 12.5 Å². The zero-order valence-electron chi connectivity index (χ0n) is 14.7. The van der Waals surface area contributed by atoms with Gasteiger partial charge in [0.1, 0.15) is 0 Å². The van der Waals surface area contributed by atoms with Crippen LogP contribution in [0.15, 0.2) is 18.2 Å². The Bertz CT molecular complexity index is 567. The Balaban J connectivity index is 1.81. The molecule has 1 aliphatic rings. The molecule has 4 nitrogen and oxygen atoms in total. The van der Waals surface area contributed by atoms with Crippen LogP contribution in [-0.4, -0.2) is 48.1 Å². The highest BCUT2D eigenvalue weighted by Gasteiger charge is 2.23. The van der Waals surface area contributed by atoms with Crippen molar-refractivity contribution in [3.63, 3.8) is 0 Å². The van der Waals surface area contributed by atoms with Crippen LogP contribution >= 0.6 is 0 Å². The van der Waals surface area contributed by atoms with Gasteiger partial charge in [0.15, 0.2) is 11.6 Å². The van der Waals surface area contributed by atoms with Crippen LogP contribution in [0, 0.1) is 11.6 Å². The molecule has 2 atom stereocenters. The third-order valence-corrected chi connectivity index (χ3v) is 4.72. The third-order valence-electron chi connectivity index (χ3n) is 4.72. The van der Waals surface area contributed by atoms with E-state index in [1.54, 1.807) is 7.05 Å². The molecule has 0 unspecified atom stereocenters. The number of nitrogens with one attached hydrogen (secondary N) is 1. The van der Waals surface area contributed by atoms with Gasteiger partial charge in [0, 0.05) is 32.2 Å². The molecule has 24 heavy (non-hydrogen) atoms. The van der Waals surface area contributed by atoms with Crippen LogP contribution in [-0.2, 0) is 6.54 Å². The van der Waals surface area contributed by atoms with Crippen molar-refractivity contribution in [1.82, 2.24) is 15.1 Å². The van der Waals surface area contributed by atoms with Gasteiger partial charge in [0.25, 0.3) is 0 Å². The number of benzene rings is 1. The Morgan fingerprint density at radius 2 is 2.12 bits per heavy atom. The van der Waals surface area contributed by atoms with Crippen LogP contribution in [0.2, 0.25) is 0 Å². The largest absolute Gasteiger partial charge is 0.336 e. The average molecular weight is 339 g/mol. The van der Waals surface area contributed by atoms with Crippen LogP contribution < -0.4 is 5.32 Å². The standard InChI is InChI=1S/C18H27F2N3O/c1-13-6-4-5-9-23(13)14(2)11-21-18(24)22(3)12-15-7-8-16(19)17(20)10-15/h7-8,10,13-14H,4-6,9,11-12H2,1-3H3,(H,21,24)/t13-,14+/m1/s1. The number of piperidine rings is 1. The van der Waals surface area contributed by atoms with E-state index in [1.807, 2.05) is 0 Å². The molecule has 1 heterocycles. The number of urea groups is 1. The monoisotopic (exact) mass is 339 g/mol. The molecule has 0 spiro atoms. The molecule has 134 valence electrons. The molecule has 2 rings (SSSR count). The molecule has 0 radical (unpaired) electrons. The van der Waals surface area contributed by atoms with Crippen molar-refractivity contribution in [3.05, 3.63) is 35.4 Å². The van der Waals surface area contributed by atoms with E-state index < -0.39 is 11.6 Å². The maximum atomic E-state index is 13.2. The number of carbonyl (C=O) groups excluding carboxylic acids is 1. The van der Waals surface area contributed by atoms with Crippen molar-refractivity contribution >= 4 is 6.03 Å². The number of amides is 2. The number of hydrogen-bond donors (Lipinski definition) is 1. The Morgan fingerprint density at radius 3 is 2.79 bits per heavy atom. The smallest absolute Gasteiger partial charge is 0.317 e. The topological polar surface area (TPSA) is 35.6 Å². The fourth-order valence-corrected chi connectivity index (χ4v) is 3.25. The molecule has 0 saturated carbocycles. The highest BCUT2D eigenvalue weighted by atomic mass is 19.2. The molecular weight excluding hydrogens is 312 g/mol. The summed E-state index contributed by atoms with van der Waals surface area (Å²) < 4.78 is 26.2. The lowest BCUT2D eigenvalue weighted by molar-refractivity contribution is 0.112. The summed E-state index contributed by atoms with van der Waals surface area (Å²) in [5.74, 6) is -1.77. The van der Waals surface area contributed by atoms with Crippen LogP contribution in [0.3, 0.4) is 0 Å². The zero-order chi connectivity index (χ0) is 17.7. The van der Waals surface area contributed by atoms with Gasteiger partial charge in [-0.3, -0.25) is 4.90 Å². The predicted octanol–water partition coefficient (Wildman–Crippen LogP) is 3.37. The van der Waals surface area contributed by atoms with Gasteiger partial charge in [-0.2, -0.15) is 0 Å². The third kappa shape index (κ3) is 4.90. The summed E-state index contributed by atoms with van der Waals surface area (Å²) in [4.78, 5) is 16.1. The fourth-order valence-electron chi connectivity index (χ4n) is 3.25. The number of hydrogen-bond acceptors (Lipinski definition) is 2. The number of rotatable bonds is 5. The van der Waals surface area contributed by atoms with Gasteiger partial charge < -0.3 is 10.2 Å². The normalized spacial score (nSPS) is 19.8. The molecule has 6 heteroatoms. The van der Waals surface area contributed by atoms with E-state index in [9.17, 15) is 13.6 Å².